The lowest BCUT2D eigenvalue weighted by atomic mass is 9.81. The highest BCUT2D eigenvalue weighted by Crippen LogP contribution is 2.30. The van der Waals surface area contributed by atoms with E-state index in [1.807, 2.05) is 12.3 Å². The molecule has 1 aromatic rings. The van der Waals surface area contributed by atoms with Gasteiger partial charge in [0.25, 0.3) is 0 Å². The molecule has 0 aromatic carbocycles. The van der Waals surface area contributed by atoms with Crippen LogP contribution in [0.25, 0.3) is 0 Å². The van der Waals surface area contributed by atoms with Gasteiger partial charge in [-0.1, -0.05) is 33.1 Å². The normalized spacial score (nSPS) is 22.5. The highest BCUT2D eigenvalue weighted by atomic mass is 15.1. The fourth-order valence-corrected chi connectivity index (χ4v) is 2.87. The van der Waals surface area contributed by atoms with E-state index in [1.165, 1.54) is 32.1 Å². The van der Waals surface area contributed by atoms with Crippen molar-refractivity contribution in [2.45, 2.75) is 52.4 Å². The van der Waals surface area contributed by atoms with E-state index in [-0.39, 0.29) is 0 Å². The lowest BCUT2D eigenvalue weighted by molar-refractivity contribution is 0.278. The third-order valence-corrected chi connectivity index (χ3v) is 4.30. The molecule has 2 rings (SSSR count). The molecular formula is C16H28N4. The lowest BCUT2D eigenvalue weighted by Gasteiger charge is -2.28. The van der Waals surface area contributed by atoms with Crippen molar-refractivity contribution >= 4 is 11.8 Å². The highest BCUT2D eigenvalue weighted by Gasteiger charge is 2.19. The standard InChI is InChI=1S/C16H28N4/c1-3-10-17-16-18-11-9-15(20-16)19-12-14-7-5-13(4-2)6-8-14/h9,11,13-14H,3-8,10,12H2,1-2H3,(H2,17,18,19,20). The number of hydrogen-bond donors (Lipinski definition) is 2. The molecule has 0 amide bonds. The van der Waals surface area contributed by atoms with Gasteiger partial charge in [0.2, 0.25) is 5.95 Å². The molecule has 0 bridgehead atoms. The quantitative estimate of drug-likeness (QED) is 0.792. The first-order chi connectivity index (χ1) is 9.81. The van der Waals surface area contributed by atoms with Crippen molar-refractivity contribution < 1.29 is 0 Å². The van der Waals surface area contributed by atoms with E-state index in [9.17, 15) is 0 Å². The summed E-state index contributed by atoms with van der Waals surface area (Å²) in [6.07, 6.45) is 9.77. The van der Waals surface area contributed by atoms with Crippen molar-refractivity contribution in [3.63, 3.8) is 0 Å². The maximum atomic E-state index is 4.49. The predicted molar refractivity (Wildman–Crippen MR) is 85.0 cm³/mol. The van der Waals surface area contributed by atoms with Gasteiger partial charge in [-0.05, 0) is 37.2 Å². The van der Waals surface area contributed by atoms with Gasteiger partial charge in [0.05, 0.1) is 0 Å². The Morgan fingerprint density at radius 1 is 1.10 bits per heavy atom. The van der Waals surface area contributed by atoms with E-state index in [4.69, 9.17) is 0 Å². The summed E-state index contributed by atoms with van der Waals surface area (Å²) >= 11 is 0. The Morgan fingerprint density at radius 3 is 2.55 bits per heavy atom. The summed E-state index contributed by atoms with van der Waals surface area (Å²) in [6, 6.07) is 1.95. The van der Waals surface area contributed by atoms with Gasteiger partial charge in [0.1, 0.15) is 5.82 Å². The van der Waals surface area contributed by atoms with E-state index < -0.39 is 0 Å². The molecule has 1 fully saturated rings. The second-order valence-electron chi connectivity index (χ2n) is 5.87. The monoisotopic (exact) mass is 276 g/mol. The van der Waals surface area contributed by atoms with Crippen LogP contribution in [0.15, 0.2) is 12.3 Å². The van der Waals surface area contributed by atoms with Gasteiger partial charge in [0, 0.05) is 19.3 Å². The van der Waals surface area contributed by atoms with E-state index in [2.05, 4.69) is 34.4 Å². The zero-order valence-electron chi connectivity index (χ0n) is 12.9. The maximum Gasteiger partial charge on any atom is 0.224 e. The zero-order chi connectivity index (χ0) is 14.2. The Bertz CT molecular complexity index is 386. The predicted octanol–water partition coefficient (Wildman–Crippen LogP) is 3.93. The summed E-state index contributed by atoms with van der Waals surface area (Å²) < 4.78 is 0. The molecule has 0 unspecified atom stereocenters. The van der Waals surface area contributed by atoms with Crippen molar-refractivity contribution in [1.82, 2.24) is 9.97 Å². The Labute approximate surface area is 122 Å². The number of hydrogen-bond acceptors (Lipinski definition) is 4. The molecule has 1 saturated carbocycles. The minimum Gasteiger partial charge on any atom is -0.370 e. The molecular weight excluding hydrogens is 248 g/mol. The third-order valence-electron chi connectivity index (χ3n) is 4.30. The minimum atomic E-state index is 0.728. The summed E-state index contributed by atoms with van der Waals surface area (Å²) in [5.41, 5.74) is 0. The fraction of sp³-hybridized carbons (Fsp3) is 0.750. The van der Waals surface area contributed by atoms with Crippen molar-refractivity contribution in [3.8, 4) is 0 Å². The summed E-state index contributed by atoms with van der Waals surface area (Å²) in [6.45, 7) is 6.42. The van der Waals surface area contributed by atoms with Gasteiger partial charge in [-0.2, -0.15) is 4.98 Å². The summed E-state index contributed by atoms with van der Waals surface area (Å²) in [4.78, 5) is 8.72. The Hall–Kier alpha value is -1.32. The second kappa shape index (κ2) is 8.08. The lowest BCUT2D eigenvalue weighted by Crippen LogP contribution is -2.21. The van der Waals surface area contributed by atoms with Crippen LogP contribution < -0.4 is 10.6 Å². The minimum absolute atomic E-state index is 0.728. The first-order valence-electron chi connectivity index (χ1n) is 8.12. The molecule has 1 aliphatic rings. The Kier molecular flexibility index (Phi) is 6.09. The summed E-state index contributed by atoms with van der Waals surface area (Å²) in [5.74, 6) is 3.44. The average Bonchev–Trinajstić information content (AvgIpc) is 2.52. The van der Waals surface area contributed by atoms with Crippen LogP contribution in [0, 0.1) is 11.8 Å². The number of aromatic nitrogens is 2. The van der Waals surface area contributed by atoms with Crippen molar-refractivity contribution in [3.05, 3.63) is 12.3 Å². The molecule has 20 heavy (non-hydrogen) atoms. The molecule has 0 radical (unpaired) electrons. The topological polar surface area (TPSA) is 49.8 Å². The number of nitrogens with one attached hydrogen (secondary N) is 2. The fourth-order valence-electron chi connectivity index (χ4n) is 2.87. The molecule has 1 aliphatic carbocycles. The van der Waals surface area contributed by atoms with Crippen LogP contribution in [0.3, 0.4) is 0 Å². The number of anilines is 2. The van der Waals surface area contributed by atoms with Crippen LogP contribution in [0.4, 0.5) is 11.8 Å². The third kappa shape index (κ3) is 4.66. The van der Waals surface area contributed by atoms with Crippen LogP contribution in [0.1, 0.15) is 52.4 Å². The van der Waals surface area contributed by atoms with Gasteiger partial charge in [-0.3, -0.25) is 0 Å². The zero-order valence-corrected chi connectivity index (χ0v) is 12.9. The largest absolute Gasteiger partial charge is 0.370 e. The van der Waals surface area contributed by atoms with E-state index >= 15 is 0 Å². The van der Waals surface area contributed by atoms with Crippen LogP contribution in [-0.4, -0.2) is 23.1 Å². The van der Waals surface area contributed by atoms with Gasteiger partial charge < -0.3 is 10.6 Å². The Balaban J connectivity index is 1.76. The van der Waals surface area contributed by atoms with Gasteiger partial charge in [-0.25, -0.2) is 4.98 Å². The van der Waals surface area contributed by atoms with Gasteiger partial charge in [-0.15, -0.1) is 0 Å². The second-order valence-corrected chi connectivity index (χ2v) is 5.87. The molecule has 0 aliphatic heterocycles. The first kappa shape index (κ1) is 15.1. The molecule has 0 atom stereocenters. The molecule has 1 aromatic heterocycles. The molecule has 2 N–H and O–H groups in total. The van der Waals surface area contributed by atoms with Crippen LogP contribution in [0.5, 0.6) is 0 Å². The van der Waals surface area contributed by atoms with Crippen molar-refractivity contribution in [2.75, 3.05) is 23.7 Å². The summed E-state index contributed by atoms with van der Waals surface area (Å²) in [5, 5.41) is 6.70. The first-order valence-corrected chi connectivity index (χ1v) is 8.12. The van der Waals surface area contributed by atoms with Crippen molar-refractivity contribution in [1.29, 1.82) is 0 Å². The van der Waals surface area contributed by atoms with E-state index in [0.717, 1.165) is 43.1 Å². The highest BCUT2D eigenvalue weighted by molar-refractivity contribution is 5.39. The van der Waals surface area contributed by atoms with Crippen LogP contribution >= 0.6 is 0 Å². The van der Waals surface area contributed by atoms with Gasteiger partial charge >= 0.3 is 0 Å². The Morgan fingerprint density at radius 2 is 1.85 bits per heavy atom. The van der Waals surface area contributed by atoms with Gasteiger partial charge in [0.15, 0.2) is 0 Å². The molecule has 0 spiro atoms. The average molecular weight is 276 g/mol. The van der Waals surface area contributed by atoms with Crippen molar-refractivity contribution in [2.24, 2.45) is 11.8 Å². The number of nitrogens with zero attached hydrogens (tertiary/aromatic N) is 2. The maximum absolute atomic E-state index is 4.49. The van der Waals surface area contributed by atoms with E-state index in [1.54, 1.807) is 0 Å². The molecule has 112 valence electrons. The SMILES string of the molecule is CCCNc1nccc(NCC2CCC(CC)CC2)n1. The molecule has 4 nitrogen and oxygen atoms in total. The number of rotatable bonds is 7. The van der Waals surface area contributed by atoms with E-state index in [0.29, 0.717) is 0 Å². The summed E-state index contributed by atoms with van der Waals surface area (Å²) in [7, 11) is 0. The van der Waals surface area contributed by atoms with Crippen LogP contribution in [-0.2, 0) is 0 Å². The molecule has 0 saturated heterocycles. The molecule has 4 heteroatoms. The molecule has 1 heterocycles. The van der Waals surface area contributed by atoms with Crippen LogP contribution in [0.2, 0.25) is 0 Å². The smallest absolute Gasteiger partial charge is 0.224 e.